The first-order valence-electron chi connectivity index (χ1n) is 8.22. The minimum atomic E-state index is -3.12. The molecule has 2 aromatic carbocycles. The second-order valence-electron chi connectivity index (χ2n) is 6.36. The minimum absolute atomic E-state index is 0.0472. The van der Waals surface area contributed by atoms with Crippen LogP contribution in [0.3, 0.4) is 0 Å². The van der Waals surface area contributed by atoms with Gasteiger partial charge in [-0.15, -0.1) is 0 Å². The Morgan fingerprint density at radius 1 is 1.11 bits per heavy atom. The molecule has 0 amide bonds. The molecule has 0 unspecified atom stereocenters. The van der Waals surface area contributed by atoms with Crippen LogP contribution in [0.2, 0.25) is 5.02 Å². The lowest BCUT2D eigenvalue weighted by Crippen LogP contribution is -2.08. The molecule has 0 fully saturated rings. The van der Waals surface area contributed by atoms with Gasteiger partial charge >= 0.3 is 5.97 Å². The fourth-order valence-corrected chi connectivity index (χ4v) is 3.77. The smallest absolute Gasteiger partial charge is 0.338 e. The van der Waals surface area contributed by atoms with Crippen LogP contribution in [0.15, 0.2) is 48.5 Å². The van der Waals surface area contributed by atoms with Crippen LogP contribution in [-0.2, 0) is 26.9 Å². The van der Waals surface area contributed by atoms with Gasteiger partial charge in [0.25, 0.3) is 0 Å². The van der Waals surface area contributed by atoms with Gasteiger partial charge in [0.15, 0.2) is 9.84 Å². The number of carbonyl (C=O) groups excluding carboxylic acids is 1. The second kappa shape index (κ2) is 7.66. The topological polar surface area (TPSA) is 73.3 Å². The SMILES string of the molecule is Cc1c(Cl)c(COC(=O)c2ccc(CS(C)(=O)=O)cc2)nc2ccccc12. The van der Waals surface area contributed by atoms with E-state index in [2.05, 4.69) is 4.98 Å². The van der Waals surface area contributed by atoms with E-state index in [4.69, 9.17) is 16.3 Å². The highest BCUT2D eigenvalue weighted by Gasteiger charge is 2.14. The van der Waals surface area contributed by atoms with Gasteiger partial charge in [0, 0.05) is 11.6 Å². The molecule has 1 heterocycles. The van der Waals surface area contributed by atoms with Crippen LogP contribution >= 0.6 is 11.6 Å². The van der Waals surface area contributed by atoms with E-state index in [0.717, 1.165) is 22.7 Å². The summed E-state index contributed by atoms with van der Waals surface area (Å²) in [6.45, 7) is 1.85. The molecular weight excluding hydrogens is 386 g/mol. The number of esters is 1. The fourth-order valence-electron chi connectivity index (χ4n) is 2.77. The zero-order chi connectivity index (χ0) is 19.6. The van der Waals surface area contributed by atoms with E-state index in [1.165, 1.54) is 0 Å². The van der Waals surface area contributed by atoms with Gasteiger partial charge in [0.1, 0.15) is 6.61 Å². The third-order valence-electron chi connectivity index (χ3n) is 4.10. The number of aryl methyl sites for hydroxylation is 1. The molecule has 0 spiro atoms. The molecule has 3 aromatic rings. The zero-order valence-electron chi connectivity index (χ0n) is 14.9. The number of hydrogen-bond acceptors (Lipinski definition) is 5. The van der Waals surface area contributed by atoms with Crippen molar-refractivity contribution in [3.63, 3.8) is 0 Å². The molecule has 0 bridgehead atoms. The van der Waals surface area contributed by atoms with Gasteiger partial charge in [-0.2, -0.15) is 0 Å². The first kappa shape index (κ1) is 19.3. The molecule has 0 aliphatic rings. The predicted molar refractivity (Wildman–Crippen MR) is 106 cm³/mol. The molecule has 0 saturated carbocycles. The standard InChI is InChI=1S/C20H18ClNO4S/c1-13-16-5-3-4-6-17(16)22-18(19(13)21)11-26-20(23)15-9-7-14(8-10-15)12-27(2,24)25/h3-10H,11-12H2,1-2H3. The van der Waals surface area contributed by atoms with Gasteiger partial charge in [-0.25, -0.2) is 18.2 Å². The third kappa shape index (κ3) is 4.64. The van der Waals surface area contributed by atoms with E-state index in [1.807, 2.05) is 31.2 Å². The third-order valence-corrected chi connectivity index (χ3v) is 5.46. The summed E-state index contributed by atoms with van der Waals surface area (Å²) in [6.07, 6.45) is 1.16. The number of nitrogens with zero attached hydrogens (tertiary/aromatic N) is 1. The number of pyridine rings is 1. The van der Waals surface area contributed by atoms with Crippen molar-refractivity contribution in [2.24, 2.45) is 0 Å². The van der Waals surface area contributed by atoms with Crippen LogP contribution < -0.4 is 0 Å². The Morgan fingerprint density at radius 3 is 2.44 bits per heavy atom. The van der Waals surface area contributed by atoms with Gasteiger partial charge in [-0.05, 0) is 36.2 Å². The molecule has 0 N–H and O–H groups in total. The molecule has 0 radical (unpaired) electrons. The average Bonchev–Trinajstić information content (AvgIpc) is 2.62. The average molecular weight is 404 g/mol. The fraction of sp³-hybridized carbons (Fsp3) is 0.200. The number of aromatic nitrogens is 1. The van der Waals surface area contributed by atoms with E-state index in [9.17, 15) is 13.2 Å². The number of rotatable bonds is 5. The Balaban J connectivity index is 1.74. The molecule has 0 aliphatic carbocycles. The van der Waals surface area contributed by atoms with E-state index in [0.29, 0.717) is 21.8 Å². The Kier molecular flexibility index (Phi) is 5.48. The largest absolute Gasteiger partial charge is 0.456 e. The molecule has 7 heteroatoms. The van der Waals surface area contributed by atoms with Gasteiger partial charge in [0.2, 0.25) is 0 Å². The molecule has 140 valence electrons. The summed E-state index contributed by atoms with van der Waals surface area (Å²) in [5, 5.41) is 1.43. The minimum Gasteiger partial charge on any atom is -0.456 e. The molecule has 0 aliphatic heterocycles. The maximum Gasteiger partial charge on any atom is 0.338 e. The number of para-hydroxylation sites is 1. The van der Waals surface area contributed by atoms with Gasteiger partial charge in [-0.1, -0.05) is 41.9 Å². The van der Waals surface area contributed by atoms with Crippen LogP contribution in [0.1, 0.15) is 27.2 Å². The molecule has 0 saturated heterocycles. The highest BCUT2D eigenvalue weighted by Crippen LogP contribution is 2.27. The molecule has 27 heavy (non-hydrogen) atoms. The second-order valence-corrected chi connectivity index (χ2v) is 8.88. The highest BCUT2D eigenvalue weighted by molar-refractivity contribution is 7.89. The molecule has 5 nitrogen and oxygen atoms in total. The summed E-state index contributed by atoms with van der Waals surface area (Å²) in [7, 11) is -3.12. The van der Waals surface area contributed by atoms with Crippen molar-refractivity contribution in [1.82, 2.24) is 4.98 Å². The summed E-state index contributed by atoms with van der Waals surface area (Å²) < 4.78 is 28.0. The number of fused-ring (bicyclic) bond motifs is 1. The van der Waals surface area contributed by atoms with Crippen molar-refractivity contribution in [2.75, 3.05) is 6.26 Å². The van der Waals surface area contributed by atoms with Crippen LogP contribution in [-0.4, -0.2) is 25.6 Å². The first-order chi connectivity index (χ1) is 12.7. The number of benzene rings is 2. The lowest BCUT2D eigenvalue weighted by molar-refractivity contribution is 0.0468. The van der Waals surface area contributed by atoms with Gasteiger partial charge in [0.05, 0.1) is 27.5 Å². The number of hydrogen-bond donors (Lipinski definition) is 0. The number of ether oxygens (including phenoxy) is 1. The van der Waals surface area contributed by atoms with Crippen LogP contribution in [0.4, 0.5) is 0 Å². The monoisotopic (exact) mass is 403 g/mol. The Labute approximate surface area is 162 Å². The Hall–Kier alpha value is -2.44. The van der Waals surface area contributed by atoms with Crippen LogP contribution in [0, 0.1) is 6.92 Å². The van der Waals surface area contributed by atoms with Crippen LogP contribution in [0.5, 0.6) is 0 Å². The quantitative estimate of drug-likeness (QED) is 0.599. The summed E-state index contributed by atoms with van der Waals surface area (Å²) in [5.74, 6) is -0.595. The summed E-state index contributed by atoms with van der Waals surface area (Å²) >= 11 is 6.37. The van der Waals surface area contributed by atoms with Crippen molar-refractivity contribution >= 4 is 38.3 Å². The number of carbonyl (C=O) groups is 1. The van der Waals surface area contributed by atoms with Crippen LogP contribution in [0.25, 0.3) is 10.9 Å². The van der Waals surface area contributed by atoms with Crippen molar-refractivity contribution in [3.8, 4) is 0 Å². The van der Waals surface area contributed by atoms with E-state index >= 15 is 0 Å². The zero-order valence-corrected chi connectivity index (χ0v) is 16.5. The van der Waals surface area contributed by atoms with Crippen molar-refractivity contribution in [3.05, 3.63) is 75.9 Å². The molecule has 3 rings (SSSR count). The van der Waals surface area contributed by atoms with E-state index < -0.39 is 15.8 Å². The first-order valence-corrected chi connectivity index (χ1v) is 10.7. The predicted octanol–water partition coefficient (Wildman–Crippen LogP) is 4.10. The molecular formula is C20H18ClNO4S. The normalized spacial score (nSPS) is 11.5. The van der Waals surface area contributed by atoms with Gasteiger partial charge in [-0.3, -0.25) is 0 Å². The summed E-state index contributed by atoms with van der Waals surface area (Å²) in [6, 6.07) is 13.9. The summed E-state index contributed by atoms with van der Waals surface area (Å²) in [4.78, 5) is 16.7. The van der Waals surface area contributed by atoms with E-state index in [1.54, 1.807) is 24.3 Å². The highest BCUT2D eigenvalue weighted by atomic mass is 35.5. The van der Waals surface area contributed by atoms with Crippen molar-refractivity contribution in [1.29, 1.82) is 0 Å². The Morgan fingerprint density at radius 2 is 1.78 bits per heavy atom. The van der Waals surface area contributed by atoms with Crippen molar-refractivity contribution in [2.45, 2.75) is 19.3 Å². The number of halogens is 1. The maximum absolute atomic E-state index is 12.3. The van der Waals surface area contributed by atoms with Gasteiger partial charge < -0.3 is 4.74 Å². The van der Waals surface area contributed by atoms with E-state index in [-0.39, 0.29) is 12.4 Å². The number of sulfone groups is 1. The maximum atomic E-state index is 12.3. The lowest BCUT2D eigenvalue weighted by atomic mass is 10.1. The Bertz CT molecular complexity index is 1110. The van der Waals surface area contributed by atoms with Crippen molar-refractivity contribution < 1.29 is 17.9 Å². The lowest BCUT2D eigenvalue weighted by Gasteiger charge is -2.11. The molecule has 0 atom stereocenters. The summed E-state index contributed by atoms with van der Waals surface area (Å²) in [5.41, 5.74) is 3.12. The molecule has 1 aromatic heterocycles.